The molecule has 1 aliphatic carbocycles. The van der Waals surface area contributed by atoms with Crippen molar-refractivity contribution in [2.45, 2.75) is 101 Å². The van der Waals surface area contributed by atoms with Gasteiger partial charge in [-0.3, -0.25) is 29.2 Å². The Balaban J connectivity index is 0.721. The summed E-state index contributed by atoms with van der Waals surface area (Å²) < 4.78 is 37.9. The molecule has 62 heavy (non-hydrogen) atoms. The van der Waals surface area contributed by atoms with Crippen molar-refractivity contribution >= 4 is 46.5 Å². The van der Waals surface area contributed by atoms with Crippen LogP contribution in [0, 0.1) is 11.8 Å². The first-order valence-electron chi connectivity index (χ1n) is 22.0. The Morgan fingerprint density at radius 1 is 1.03 bits per heavy atom. The number of amides is 4. The zero-order chi connectivity index (χ0) is 43.1. The van der Waals surface area contributed by atoms with Crippen LogP contribution in [0.25, 0.3) is 5.65 Å². The van der Waals surface area contributed by atoms with Crippen molar-refractivity contribution in [1.82, 2.24) is 34.6 Å². The van der Waals surface area contributed by atoms with Crippen molar-refractivity contribution in [3.63, 3.8) is 0 Å². The Morgan fingerprint density at radius 2 is 1.84 bits per heavy atom. The molecule has 0 bridgehead atoms. The van der Waals surface area contributed by atoms with E-state index < -0.39 is 36.0 Å². The van der Waals surface area contributed by atoms with Gasteiger partial charge in [-0.25, -0.2) is 18.3 Å². The monoisotopic (exact) mass is 856 g/mol. The average molecular weight is 857 g/mol. The Hall–Kier alpha value is -5.33. The van der Waals surface area contributed by atoms with E-state index in [0.29, 0.717) is 49.9 Å². The van der Waals surface area contributed by atoms with Gasteiger partial charge in [-0.2, -0.15) is 10.2 Å². The number of aliphatic hydroxyl groups excluding tert-OH is 1. The van der Waals surface area contributed by atoms with Gasteiger partial charge in [0.05, 0.1) is 47.7 Å². The van der Waals surface area contributed by atoms with E-state index in [1.165, 1.54) is 16.9 Å². The maximum atomic E-state index is 14.2. The highest BCUT2D eigenvalue weighted by molar-refractivity contribution is 6.10. The smallest absolute Gasteiger partial charge is 0.284 e. The number of β-amino-alcohol motifs (C(OH)–C–C–N with tert-alkyl or cyclic N) is 1. The molecule has 3 saturated heterocycles. The molecule has 1 saturated carbocycles. The van der Waals surface area contributed by atoms with E-state index in [-0.39, 0.29) is 47.5 Å². The predicted molar refractivity (Wildman–Crippen MR) is 224 cm³/mol. The number of carbonyl (C=O) groups is 4. The number of alkyl halides is 2. The van der Waals surface area contributed by atoms with E-state index in [4.69, 9.17) is 4.74 Å². The van der Waals surface area contributed by atoms with Gasteiger partial charge in [0.25, 0.3) is 12.3 Å². The van der Waals surface area contributed by atoms with E-state index in [1.807, 2.05) is 23.1 Å². The van der Waals surface area contributed by atoms with Gasteiger partial charge in [0.2, 0.25) is 17.7 Å². The zero-order valence-electron chi connectivity index (χ0n) is 34.9. The first-order chi connectivity index (χ1) is 30.0. The number of ether oxygens (including phenoxy) is 1. The minimum atomic E-state index is -2.87. The largest absolute Gasteiger partial charge is 0.391 e. The van der Waals surface area contributed by atoms with Crippen LogP contribution in [-0.4, -0.2) is 117 Å². The third-order valence-electron chi connectivity index (χ3n) is 13.6. The minimum absolute atomic E-state index is 0.0248. The number of aryl methyl sites for hydroxylation is 1. The number of para-hydroxylation sites is 1. The molecule has 4 amide bonds. The molecule has 1 aromatic carbocycles. The van der Waals surface area contributed by atoms with Crippen molar-refractivity contribution in [2.24, 2.45) is 11.8 Å². The molecule has 3 aromatic heterocycles. The summed E-state index contributed by atoms with van der Waals surface area (Å²) in [5.74, 6) is -1.39. The van der Waals surface area contributed by atoms with Gasteiger partial charge in [-0.05, 0) is 87.3 Å². The topological polar surface area (TPSA) is 180 Å². The number of aromatic nitrogens is 5. The number of imide groups is 1. The third kappa shape index (κ3) is 8.56. The van der Waals surface area contributed by atoms with E-state index in [9.17, 15) is 33.1 Å². The van der Waals surface area contributed by atoms with E-state index in [0.717, 1.165) is 87.8 Å². The van der Waals surface area contributed by atoms with Crippen molar-refractivity contribution in [2.75, 3.05) is 61.5 Å². The molecule has 7 heterocycles. The van der Waals surface area contributed by atoms with E-state index in [2.05, 4.69) is 30.7 Å². The number of likely N-dealkylation sites (tertiary alicyclic amines) is 1. The maximum Gasteiger partial charge on any atom is 0.284 e. The van der Waals surface area contributed by atoms with E-state index in [1.54, 1.807) is 28.9 Å². The second kappa shape index (κ2) is 17.8. The second-order valence-corrected chi connectivity index (χ2v) is 17.6. The number of hydrogen-bond acceptors (Lipinski definition) is 11. The number of halogens is 2. The van der Waals surface area contributed by atoms with Crippen LogP contribution in [0.5, 0.6) is 0 Å². The Kier molecular flexibility index (Phi) is 12.1. The molecule has 0 spiro atoms. The van der Waals surface area contributed by atoms with Gasteiger partial charge in [0.1, 0.15) is 11.4 Å². The standard InChI is InChI=1S/C44H54F2N10O6/c1-52-39-27(4-2-6-31(39)37(44(52)61)32-11-12-36(58)50-42(32)59)5-3-21-62-30-14-17-53(18-15-30)23-26-7-9-28(10-8-26)56-25-34(38(51-56)40(45)46)48-43(60)33-22-47-55-20-16-35(49-41(33)55)54-19-13-29(57)24-54/h2,4,6,16,20,22,25-26,28-30,32,37,40,57H,3,5,7-15,17-19,21,23-24H2,1H3,(H,48,60)(H,50,58,59)/t26-,28-,29-,32?,37?/m0/s1. The summed E-state index contributed by atoms with van der Waals surface area (Å²) in [6.45, 7) is 4.59. The number of anilines is 3. The Bertz CT molecular complexity index is 2320. The molecule has 2 unspecified atom stereocenters. The summed E-state index contributed by atoms with van der Waals surface area (Å²) in [7, 11) is 1.76. The predicted octanol–water partition coefficient (Wildman–Crippen LogP) is 4.64. The normalized spacial score (nSPS) is 25.0. The number of hydrogen-bond donors (Lipinski definition) is 3. The fraction of sp³-hybridized carbons (Fsp3) is 0.568. The summed E-state index contributed by atoms with van der Waals surface area (Å²) in [6.07, 6.45) is 9.67. The maximum absolute atomic E-state index is 14.2. The van der Waals surface area contributed by atoms with Crippen LogP contribution in [0.15, 0.2) is 42.9 Å². The van der Waals surface area contributed by atoms with Crippen molar-refractivity contribution in [3.05, 3.63) is 65.2 Å². The van der Waals surface area contributed by atoms with Crippen LogP contribution in [0.1, 0.15) is 110 Å². The fourth-order valence-electron chi connectivity index (χ4n) is 10.3. The molecule has 4 fully saturated rings. The number of nitrogens with zero attached hydrogens (tertiary/aromatic N) is 8. The van der Waals surface area contributed by atoms with Crippen LogP contribution in [0.2, 0.25) is 0 Å². The molecule has 3 N–H and O–H groups in total. The molecule has 5 aliphatic rings. The molecule has 0 radical (unpaired) electrons. The lowest BCUT2D eigenvalue weighted by Crippen LogP contribution is -2.44. The van der Waals surface area contributed by atoms with Crippen LogP contribution in [-0.2, 0) is 25.5 Å². The summed E-state index contributed by atoms with van der Waals surface area (Å²) in [4.78, 5) is 61.9. The average Bonchev–Trinajstić information content (AvgIpc) is 4.06. The number of aliphatic hydroxyl groups is 1. The summed E-state index contributed by atoms with van der Waals surface area (Å²) in [6, 6.07) is 7.63. The highest BCUT2D eigenvalue weighted by atomic mass is 19.3. The lowest BCUT2D eigenvalue weighted by molar-refractivity contribution is -0.139. The van der Waals surface area contributed by atoms with E-state index >= 15 is 0 Å². The SMILES string of the molecule is CN1C(=O)C(C2CCC(=O)NC2=O)c2cccc(CCCOC3CCN(C[C@H]4CC[C@H](n5cc(NC(=O)c6cnn7ccc(N8CC[C@H](O)C8)nc67)c(C(F)F)n5)CC4)CC3)c21. The molecule has 4 aromatic rings. The molecule has 18 heteroatoms. The molecule has 330 valence electrons. The lowest BCUT2D eigenvalue weighted by atomic mass is 9.81. The molecule has 16 nitrogen and oxygen atoms in total. The minimum Gasteiger partial charge on any atom is -0.391 e. The number of nitrogens with one attached hydrogen (secondary N) is 2. The quantitative estimate of drug-likeness (QED) is 0.126. The number of benzene rings is 1. The van der Waals surface area contributed by atoms with Gasteiger partial charge in [0, 0.05) is 65.2 Å². The van der Waals surface area contributed by atoms with Crippen molar-refractivity contribution in [1.29, 1.82) is 0 Å². The number of rotatable bonds is 13. The molecule has 9 rings (SSSR count). The van der Waals surface area contributed by atoms with Gasteiger partial charge in [-0.1, -0.05) is 18.2 Å². The highest BCUT2D eigenvalue weighted by Crippen LogP contribution is 2.45. The number of piperidine rings is 2. The van der Waals surface area contributed by atoms with Crippen LogP contribution in [0.4, 0.5) is 26.0 Å². The summed E-state index contributed by atoms with van der Waals surface area (Å²) in [5.41, 5.74) is 2.75. The van der Waals surface area contributed by atoms with Gasteiger partial charge in [0.15, 0.2) is 11.3 Å². The van der Waals surface area contributed by atoms with Gasteiger partial charge < -0.3 is 29.9 Å². The first kappa shape index (κ1) is 42.0. The molecular formula is C44H54F2N10O6. The number of fused-ring (bicyclic) bond motifs is 2. The zero-order valence-corrected chi connectivity index (χ0v) is 34.9. The molecular weight excluding hydrogens is 803 g/mol. The highest BCUT2D eigenvalue weighted by Gasteiger charge is 2.45. The Labute approximate surface area is 357 Å². The second-order valence-electron chi connectivity index (χ2n) is 17.6. The molecule has 4 aliphatic heterocycles. The van der Waals surface area contributed by atoms with Crippen molar-refractivity contribution in [3.8, 4) is 0 Å². The fourth-order valence-corrected chi connectivity index (χ4v) is 10.3. The number of carbonyl (C=O) groups excluding carboxylic acids is 4. The third-order valence-corrected chi connectivity index (χ3v) is 13.6. The Morgan fingerprint density at radius 3 is 2.58 bits per heavy atom. The lowest BCUT2D eigenvalue weighted by Gasteiger charge is -2.36. The van der Waals surface area contributed by atoms with Crippen molar-refractivity contribution < 1.29 is 37.8 Å². The van der Waals surface area contributed by atoms with Gasteiger partial charge >= 0.3 is 0 Å². The van der Waals surface area contributed by atoms with Crippen LogP contribution < -0.4 is 20.4 Å². The van der Waals surface area contributed by atoms with Crippen LogP contribution >= 0.6 is 0 Å². The number of likely N-dealkylation sites (N-methyl/N-ethyl adjacent to an activating group) is 1. The summed E-state index contributed by atoms with van der Waals surface area (Å²) >= 11 is 0. The van der Waals surface area contributed by atoms with Crippen LogP contribution in [0.3, 0.4) is 0 Å². The molecule has 3 atom stereocenters. The first-order valence-corrected chi connectivity index (χ1v) is 22.0. The summed E-state index contributed by atoms with van der Waals surface area (Å²) in [5, 5.41) is 23.5. The van der Waals surface area contributed by atoms with Gasteiger partial charge in [-0.15, -0.1) is 0 Å².